The summed E-state index contributed by atoms with van der Waals surface area (Å²) < 4.78 is 16.2. The van der Waals surface area contributed by atoms with Gasteiger partial charge in [0.05, 0.1) is 0 Å². The average molecular weight is 242 g/mol. The summed E-state index contributed by atoms with van der Waals surface area (Å²) in [5.74, 6) is 0.771. The van der Waals surface area contributed by atoms with Gasteiger partial charge in [-0.05, 0) is 0 Å². The first-order valence-electron chi connectivity index (χ1n) is 3.98. The molecule has 0 aliphatic carbocycles. The van der Waals surface area contributed by atoms with E-state index in [0.29, 0.717) is 7.15 Å². The van der Waals surface area contributed by atoms with Crippen molar-refractivity contribution in [2.75, 3.05) is 0 Å². The summed E-state index contributed by atoms with van der Waals surface area (Å²) in [6.45, 7) is 1.99. The second kappa shape index (κ2) is 5.12. The molecule has 3 nitrogen and oxygen atoms in total. The second-order valence-electron chi connectivity index (χ2n) is 2.53. The predicted molar refractivity (Wildman–Crippen MR) is 54.4 cm³/mol. The van der Waals surface area contributed by atoms with Crippen molar-refractivity contribution in [1.29, 1.82) is 0 Å². The fourth-order valence-corrected chi connectivity index (χ4v) is 1.34. The molecule has 0 radical (unpaired) electrons. The van der Waals surface area contributed by atoms with Gasteiger partial charge >= 0.3 is 85.3 Å². The molecule has 1 atom stereocenters. The van der Waals surface area contributed by atoms with E-state index in [1.807, 2.05) is 13.0 Å². The van der Waals surface area contributed by atoms with E-state index in [4.69, 9.17) is 4.42 Å². The fourth-order valence-electron chi connectivity index (χ4n) is 1.02. The molecule has 0 N–H and O–H groups in total. The summed E-state index contributed by atoms with van der Waals surface area (Å²) in [5, 5.41) is 0. The SMILES string of the molecule is CCC(/N=C\B=O)c1cc(Br)co1. The molecular formula is C8H9BBrNO2. The standard InChI is InChI=1S/C8H9BBrNO2/c1-2-7(11-5-9-12)8-3-6(10)4-13-8/h3-5,7H,2H2,1H3/b11-5-. The van der Waals surface area contributed by atoms with Gasteiger partial charge in [0.15, 0.2) is 0 Å². The molecule has 0 spiro atoms. The molecule has 0 saturated heterocycles. The first-order chi connectivity index (χ1) is 6.27. The number of hydrogen-bond donors (Lipinski definition) is 0. The van der Waals surface area contributed by atoms with Crippen LogP contribution in [-0.4, -0.2) is 13.3 Å². The van der Waals surface area contributed by atoms with Crippen LogP contribution in [-0.2, 0) is 4.70 Å². The van der Waals surface area contributed by atoms with Gasteiger partial charge in [-0.3, -0.25) is 0 Å². The Morgan fingerprint density at radius 1 is 1.85 bits per heavy atom. The van der Waals surface area contributed by atoms with Crippen molar-refractivity contribution in [2.45, 2.75) is 19.4 Å². The third-order valence-corrected chi connectivity index (χ3v) is 2.05. The van der Waals surface area contributed by atoms with Crippen LogP contribution in [0.4, 0.5) is 0 Å². The van der Waals surface area contributed by atoms with Crippen LogP contribution in [0.25, 0.3) is 0 Å². The van der Waals surface area contributed by atoms with Gasteiger partial charge in [0.2, 0.25) is 0 Å². The zero-order valence-corrected chi connectivity index (χ0v) is 8.82. The van der Waals surface area contributed by atoms with E-state index < -0.39 is 0 Å². The molecule has 1 unspecified atom stereocenters. The number of furan rings is 1. The molecule has 1 heterocycles. The Kier molecular flexibility index (Phi) is 4.08. The zero-order valence-electron chi connectivity index (χ0n) is 7.24. The number of hydrogen-bond acceptors (Lipinski definition) is 3. The molecule has 0 saturated carbocycles. The topological polar surface area (TPSA) is 42.6 Å². The van der Waals surface area contributed by atoms with E-state index in [1.165, 1.54) is 6.11 Å². The van der Waals surface area contributed by atoms with Gasteiger partial charge in [-0.1, -0.05) is 0 Å². The number of aliphatic imine (C=N–C) groups is 1. The van der Waals surface area contributed by atoms with Gasteiger partial charge in [0.25, 0.3) is 0 Å². The van der Waals surface area contributed by atoms with Crippen LogP contribution in [0.5, 0.6) is 0 Å². The number of halogens is 1. The fraction of sp³-hybridized carbons (Fsp3) is 0.375. The summed E-state index contributed by atoms with van der Waals surface area (Å²) in [7, 11) is 0.667. The van der Waals surface area contributed by atoms with E-state index >= 15 is 0 Å². The Hall–Kier alpha value is -0.705. The molecule has 0 aliphatic heterocycles. The van der Waals surface area contributed by atoms with Crippen LogP contribution < -0.4 is 0 Å². The van der Waals surface area contributed by atoms with E-state index in [1.54, 1.807) is 6.26 Å². The minimum absolute atomic E-state index is 0.0588. The van der Waals surface area contributed by atoms with E-state index in [9.17, 15) is 4.70 Å². The molecule has 0 bridgehead atoms. The maximum absolute atomic E-state index is 10.1. The van der Waals surface area contributed by atoms with Gasteiger partial charge in [0.1, 0.15) is 0 Å². The van der Waals surface area contributed by atoms with Gasteiger partial charge < -0.3 is 0 Å². The monoisotopic (exact) mass is 241 g/mol. The molecule has 0 fully saturated rings. The molecule has 68 valence electrons. The van der Waals surface area contributed by atoms with Crippen LogP contribution in [0.1, 0.15) is 25.1 Å². The Morgan fingerprint density at radius 2 is 2.62 bits per heavy atom. The van der Waals surface area contributed by atoms with Gasteiger partial charge in [-0.25, -0.2) is 0 Å². The molecule has 0 aromatic carbocycles. The van der Waals surface area contributed by atoms with Crippen molar-refractivity contribution in [3.63, 3.8) is 0 Å². The van der Waals surface area contributed by atoms with Gasteiger partial charge in [0, 0.05) is 0 Å². The van der Waals surface area contributed by atoms with Crippen molar-refractivity contribution in [3.05, 3.63) is 22.6 Å². The Bertz CT molecular complexity index is 311. The molecule has 13 heavy (non-hydrogen) atoms. The maximum atomic E-state index is 10.1. The molecule has 0 aliphatic rings. The van der Waals surface area contributed by atoms with Crippen molar-refractivity contribution in [3.8, 4) is 0 Å². The van der Waals surface area contributed by atoms with Crippen molar-refractivity contribution < 1.29 is 9.12 Å². The predicted octanol–water partition coefficient (Wildman–Crippen LogP) is 2.57. The summed E-state index contributed by atoms with van der Waals surface area (Å²) in [6, 6.07) is 1.80. The summed E-state index contributed by atoms with van der Waals surface area (Å²) >= 11 is 3.28. The van der Waals surface area contributed by atoms with Crippen LogP contribution in [0.3, 0.4) is 0 Å². The van der Waals surface area contributed by atoms with E-state index in [-0.39, 0.29) is 6.04 Å². The third-order valence-electron chi connectivity index (χ3n) is 1.63. The first kappa shape index (κ1) is 10.4. The van der Waals surface area contributed by atoms with Crippen LogP contribution in [0.2, 0.25) is 0 Å². The van der Waals surface area contributed by atoms with Crippen LogP contribution in [0.15, 0.2) is 26.2 Å². The summed E-state index contributed by atoms with van der Waals surface area (Å²) in [5.41, 5.74) is 0. The van der Waals surface area contributed by atoms with Crippen molar-refractivity contribution >= 4 is 29.2 Å². The first-order valence-corrected chi connectivity index (χ1v) is 4.78. The minimum atomic E-state index is -0.0588. The molecule has 5 heteroatoms. The number of nitrogens with zero attached hydrogens (tertiary/aromatic N) is 1. The third kappa shape index (κ3) is 2.92. The Balaban J connectivity index is 2.77. The van der Waals surface area contributed by atoms with E-state index in [0.717, 1.165) is 16.7 Å². The van der Waals surface area contributed by atoms with Crippen molar-refractivity contribution in [2.24, 2.45) is 4.99 Å². The van der Waals surface area contributed by atoms with Crippen LogP contribution in [0, 0.1) is 0 Å². The number of rotatable bonds is 4. The quantitative estimate of drug-likeness (QED) is 0.601. The van der Waals surface area contributed by atoms with Crippen molar-refractivity contribution in [1.82, 2.24) is 0 Å². The molecule has 0 amide bonds. The Labute approximate surface area is 85.6 Å². The summed E-state index contributed by atoms with van der Waals surface area (Å²) in [4.78, 5) is 4.04. The molecular weight excluding hydrogens is 233 g/mol. The van der Waals surface area contributed by atoms with Crippen LogP contribution >= 0.6 is 15.9 Å². The zero-order chi connectivity index (χ0) is 9.68. The van der Waals surface area contributed by atoms with Gasteiger partial charge in [-0.15, -0.1) is 0 Å². The molecule has 1 rings (SSSR count). The Morgan fingerprint density at radius 3 is 3.08 bits per heavy atom. The molecule has 1 aromatic heterocycles. The summed E-state index contributed by atoms with van der Waals surface area (Å²) in [6.07, 6.45) is 3.67. The van der Waals surface area contributed by atoms with Gasteiger partial charge in [-0.2, -0.15) is 0 Å². The molecule has 1 aromatic rings. The van der Waals surface area contributed by atoms with E-state index in [2.05, 4.69) is 20.9 Å². The second-order valence-corrected chi connectivity index (χ2v) is 3.44. The average Bonchev–Trinajstić information content (AvgIpc) is 2.54. The normalized spacial score (nSPS) is 13.1.